The topological polar surface area (TPSA) is 47.6 Å². The molecule has 0 aromatic heterocycles. The zero-order valence-electron chi connectivity index (χ0n) is 15.4. The van der Waals surface area contributed by atoms with E-state index in [1.807, 2.05) is 55.1 Å². The van der Waals surface area contributed by atoms with Crippen molar-refractivity contribution in [2.45, 2.75) is 22.8 Å². The van der Waals surface area contributed by atoms with Crippen LogP contribution in [-0.2, 0) is 10.5 Å². The Labute approximate surface area is 164 Å². The Morgan fingerprint density at radius 3 is 2.50 bits per heavy atom. The van der Waals surface area contributed by atoms with E-state index in [2.05, 4.69) is 17.4 Å². The third kappa shape index (κ3) is 6.50. The van der Waals surface area contributed by atoms with Crippen molar-refractivity contribution in [2.24, 2.45) is 0 Å². The standard InChI is InChI=1S/C20H25NO3S2/c1-15(26-17-9-10-18(23-2)19(13-17)24-3)20(22)21-11-12-25-14-16-7-5-4-6-8-16/h4-10,13,15H,11-12,14H2,1-3H3,(H,21,22)/t15-/m1/s1. The van der Waals surface area contributed by atoms with Gasteiger partial charge in [-0.1, -0.05) is 30.3 Å². The highest BCUT2D eigenvalue weighted by Crippen LogP contribution is 2.33. The van der Waals surface area contributed by atoms with Crippen LogP contribution in [0.1, 0.15) is 12.5 Å². The first-order valence-corrected chi connectivity index (χ1v) is 10.5. The first-order chi connectivity index (χ1) is 12.6. The molecule has 2 aromatic carbocycles. The Kier molecular flexibility index (Phi) is 8.71. The van der Waals surface area contributed by atoms with Crippen LogP contribution in [0.2, 0.25) is 0 Å². The first-order valence-electron chi connectivity index (χ1n) is 8.42. The Balaban J connectivity index is 1.72. The molecule has 26 heavy (non-hydrogen) atoms. The van der Waals surface area contributed by atoms with Crippen molar-refractivity contribution in [1.29, 1.82) is 0 Å². The molecule has 2 rings (SSSR count). The number of nitrogens with one attached hydrogen (secondary N) is 1. The van der Waals surface area contributed by atoms with E-state index in [0.29, 0.717) is 18.0 Å². The normalized spacial score (nSPS) is 11.7. The maximum Gasteiger partial charge on any atom is 0.233 e. The van der Waals surface area contributed by atoms with E-state index in [1.54, 1.807) is 14.2 Å². The summed E-state index contributed by atoms with van der Waals surface area (Å²) in [6.07, 6.45) is 0. The Hall–Kier alpha value is -1.79. The number of carbonyl (C=O) groups excluding carboxylic acids is 1. The van der Waals surface area contributed by atoms with Crippen molar-refractivity contribution in [1.82, 2.24) is 5.32 Å². The largest absolute Gasteiger partial charge is 0.493 e. The fraction of sp³-hybridized carbons (Fsp3) is 0.350. The van der Waals surface area contributed by atoms with Crippen LogP contribution in [-0.4, -0.2) is 37.7 Å². The molecule has 6 heteroatoms. The number of ether oxygens (including phenoxy) is 2. The molecule has 2 aromatic rings. The zero-order valence-corrected chi connectivity index (χ0v) is 17.0. The van der Waals surface area contributed by atoms with Crippen LogP contribution >= 0.6 is 23.5 Å². The molecule has 0 aliphatic heterocycles. The summed E-state index contributed by atoms with van der Waals surface area (Å²) < 4.78 is 10.5. The SMILES string of the molecule is COc1ccc(S[C@H](C)C(=O)NCCSCc2ccccc2)cc1OC. The van der Waals surface area contributed by atoms with E-state index < -0.39 is 0 Å². The van der Waals surface area contributed by atoms with Gasteiger partial charge in [0.15, 0.2) is 11.5 Å². The molecule has 0 fully saturated rings. The number of hydrogen-bond acceptors (Lipinski definition) is 5. The van der Waals surface area contributed by atoms with Gasteiger partial charge < -0.3 is 14.8 Å². The third-order valence-corrected chi connectivity index (χ3v) is 5.82. The van der Waals surface area contributed by atoms with E-state index >= 15 is 0 Å². The van der Waals surface area contributed by atoms with Gasteiger partial charge in [-0.25, -0.2) is 0 Å². The summed E-state index contributed by atoms with van der Waals surface area (Å²) in [7, 11) is 3.21. The van der Waals surface area contributed by atoms with Crippen LogP contribution in [0.25, 0.3) is 0 Å². The quantitative estimate of drug-likeness (QED) is 0.485. The number of hydrogen-bond donors (Lipinski definition) is 1. The summed E-state index contributed by atoms with van der Waals surface area (Å²) in [6.45, 7) is 2.58. The summed E-state index contributed by atoms with van der Waals surface area (Å²) in [5.41, 5.74) is 1.31. The summed E-state index contributed by atoms with van der Waals surface area (Å²) >= 11 is 3.33. The lowest BCUT2D eigenvalue weighted by Crippen LogP contribution is -2.32. The van der Waals surface area contributed by atoms with Gasteiger partial charge in [0.05, 0.1) is 19.5 Å². The lowest BCUT2D eigenvalue weighted by Gasteiger charge is -2.14. The molecule has 140 valence electrons. The summed E-state index contributed by atoms with van der Waals surface area (Å²) in [4.78, 5) is 13.2. The third-order valence-electron chi connectivity index (χ3n) is 3.69. The van der Waals surface area contributed by atoms with Crippen molar-refractivity contribution in [2.75, 3.05) is 26.5 Å². The van der Waals surface area contributed by atoms with E-state index in [0.717, 1.165) is 16.4 Å². The summed E-state index contributed by atoms with van der Waals surface area (Å²) in [5.74, 6) is 3.26. The predicted molar refractivity (Wildman–Crippen MR) is 110 cm³/mol. The van der Waals surface area contributed by atoms with Crippen LogP contribution in [0.3, 0.4) is 0 Å². The average molecular weight is 392 g/mol. The minimum Gasteiger partial charge on any atom is -0.493 e. The van der Waals surface area contributed by atoms with Crippen molar-refractivity contribution in [3.8, 4) is 11.5 Å². The molecular formula is C20H25NO3S2. The predicted octanol–water partition coefficient (Wildman–Crippen LogP) is 4.23. The monoisotopic (exact) mass is 391 g/mol. The van der Waals surface area contributed by atoms with E-state index in [-0.39, 0.29) is 11.2 Å². The highest BCUT2D eigenvalue weighted by molar-refractivity contribution is 8.00. The number of amides is 1. The Bertz CT molecular complexity index is 695. The Morgan fingerprint density at radius 1 is 1.08 bits per heavy atom. The van der Waals surface area contributed by atoms with Gasteiger partial charge >= 0.3 is 0 Å². The number of benzene rings is 2. The molecule has 0 unspecified atom stereocenters. The molecule has 0 spiro atoms. The van der Waals surface area contributed by atoms with Gasteiger partial charge in [-0.15, -0.1) is 11.8 Å². The lowest BCUT2D eigenvalue weighted by atomic mass is 10.2. The Morgan fingerprint density at radius 2 is 1.81 bits per heavy atom. The molecule has 0 heterocycles. The molecule has 0 radical (unpaired) electrons. The molecular weight excluding hydrogens is 366 g/mol. The fourth-order valence-electron chi connectivity index (χ4n) is 2.30. The minimum absolute atomic E-state index is 0.0464. The van der Waals surface area contributed by atoms with E-state index in [9.17, 15) is 4.79 Å². The van der Waals surface area contributed by atoms with Crippen LogP contribution < -0.4 is 14.8 Å². The second-order valence-electron chi connectivity index (χ2n) is 5.61. The fourth-order valence-corrected chi connectivity index (χ4v) is 4.04. The van der Waals surface area contributed by atoms with Crippen molar-refractivity contribution in [3.05, 3.63) is 54.1 Å². The van der Waals surface area contributed by atoms with Gasteiger partial charge in [0, 0.05) is 22.9 Å². The second-order valence-corrected chi connectivity index (χ2v) is 8.13. The van der Waals surface area contributed by atoms with Gasteiger partial charge in [-0.3, -0.25) is 4.79 Å². The van der Waals surface area contributed by atoms with Crippen molar-refractivity contribution >= 4 is 29.4 Å². The molecule has 4 nitrogen and oxygen atoms in total. The van der Waals surface area contributed by atoms with Gasteiger partial charge in [0.1, 0.15) is 0 Å². The number of methoxy groups -OCH3 is 2. The highest BCUT2D eigenvalue weighted by atomic mass is 32.2. The van der Waals surface area contributed by atoms with Crippen LogP contribution in [0.4, 0.5) is 0 Å². The number of thioether (sulfide) groups is 2. The summed E-state index contributed by atoms with van der Waals surface area (Å²) in [6, 6.07) is 16.0. The zero-order chi connectivity index (χ0) is 18.8. The number of carbonyl (C=O) groups is 1. The van der Waals surface area contributed by atoms with Gasteiger partial charge in [0.25, 0.3) is 0 Å². The minimum atomic E-state index is -0.174. The molecule has 1 atom stereocenters. The average Bonchev–Trinajstić information content (AvgIpc) is 2.68. The molecule has 1 amide bonds. The molecule has 0 saturated heterocycles. The van der Waals surface area contributed by atoms with E-state index in [1.165, 1.54) is 17.3 Å². The number of rotatable bonds is 10. The lowest BCUT2D eigenvalue weighted by molar-refractivity contribution is -0.120. The molecule has 1 N–H and O–H groups in total. The van der Waals surface area contributed by atoms with E-state index in [4.69, 9.17) is 9.47 Å². The van der Waals surface area contributed by atoms with Crippen LogP contribution in [0, 0.1) is 0 Å². The van der Waals surface area contributed by atoms with Crippen molar-refractivity contribution in [3.63, 3.8) is 0 Å². The second kappa shape index (κ2) is 11.0. The van der Waals surface area contributed by atoms with Gasteiger partial charge in [-0.05, 0) is 30.7 Å². The van der Waals surface area contributed by atoms with Crippen molar-refractivity contribution < 1.29 is 14.3 Å². The maximum atomic E-state index is 12.3. The molecule has 0 bridgehead atoms. The van der Waals surface area contributed by atoms with Gasteiger partial charge in [-0.2, -0.15) is 11.8 Å². The molecule has 0 aliphatic rings. The van der Waals surface area contributed by atoms with Gasteiger partial charge in [0.2, 0.25) is 5.91 Å². The van der Waals surface area contributed by atoms with Crippen LogP contribution in [0.15, 0.2) is 53.4 Å². The van der Waals surface area contributed by atoms with Crippen LogP contribution in [0.5, 0.6) is 11.5 Å². The molecule has 0 saturated carbocycles. The molecule has 0 aliphatic carbocycles. The smallest absolute Gasteiger partial charge is 0.233 e. The summed E-state index contributed by atoms with van der Waals surface area (Å²) in [5, 5.41) is 2.83. The maximum absolute atomic E-state index is 12.3. The highest BCUT2D eigenvalue weighted by Gasteiger charge is 2.15. The first kappa shape index (κ1) is 20.5.